The van der Waals surface area contributed by atoms with Gasteiger partial charge in [0.05, 0.1) is 13.2 Å². The molecule has 8 nitrogen and oxygen atoms in total. The lowest BCUT2D eigenvalue weighted by Gasteiger charge is -2.34. The smallest absolute Gasteiger partial charge is 0.432 e. The molecule has 37 heavy (non-hydrogen) atoms. The van der Waals surface area contributed by atoms with Gasteiger partial charge in [0.1, 0.15) is 0 Å². The summed E-state index contributed by atoms with van der Waals surface area (Å²) in [5.74, 6) is -3.81. The van der Waals surface area contributed by atoms with Crippen molar-refractivity contribution in [1.82, 2.24) is 5.32 Å². The molecule has 0 aromatic heterocycles. The second-order valence-electron chi connectivity index (χ2n) is 7.42. The van der Waals surface area contributed by atoms with Crippen LogP contribution in [0, 0.1) is 0 Å². The van der Waals surface area contributed by atoms with Crippen LogP contribution in [0.15, 0.2) is 54.6 Å². The largest absolute Gasteiger partial charge is 0.464 e. The number of aliphatic hydroxyl groups is 1. The lowest BCUT2D eigenvalue weighted by Crippen LogP contribution is -2.62. The fourth-order valence-electron chi connectivity index (χ4n) is 3.28. The summed E-state index contributed by atoms with van der Waals surface area (Å²) in [5.41, 5.74) is -9.61. The molecule has 14 heteroatoms. The molecule has 0 unspecified atom stereocenters. The molecule has 0 spiro atoms. The molecule has 3 N–H and O–H groups in total. The van der Waals surface area contributed by atoms with Gasteiger partial charge in [-0.15, -0.1) is 0 Å². The number of rotatable bonds is 8. The molecule has 2 atom stereocenters. The molecule has 2 aromatic carbocycles. The van der Waals surface area contributed by atoms with Crippen molar-refractivity contribution in [2.75, 3.05) is 18.5 Å². The third-order valence-corrected chi connectivity index (χ3v) is 5.06. The van der Waals surface area contributed by atoms with Gasteiger partial charge in [-0.3, -0.25) is 0 Å². The van der Waals surface area contributed by atoms with Gasteiger partial charge in [0, 0.05) is 11.3 Å². The topological polar surface area (TPSA) is 114 Å². The van der Waals surface area contributed by atoms with Crippen LogP contribution in [0.2, 0.25) is 0 Å². The van der Waals surface area contributed by atoms with Crippen LogP contribution in [0.4, 0.5) is 36.8 Å². The van der Waals surface area contributed by atoms with Gasteiger partial charge in [0.15, 0.2) is 0 Å². The maximum Gasteiger partial charge on any atom is 0.432 e. The van der Waals surface area contributed by atoms with Crippen LogP contribution in [0.25, 0.3) is 0 Å². The second kappa shape index (κ2) is 11.1. The number of nitrogens with one attached hydrogen (secondary N) is 2. The lowest BCUT2D eigenvalue weighted by atomic mass is 9.89. The van der Waals surface area contributed by atoms with E-state index in [9.17, 15) is 45.8 Å². The zero-order valence-corrected chi connectivity index (χ0v) is 19.4. The molecule has 0 aliphatic rings. The number of urea groups is 1. The molecule has 0 saturated heterocycles. The number of hydrogen-bond acceptors (Lipinski definition) is 6. The van der Waals surface area contributed by atoms with Crippen molar-refractivity contribution in [2.24, 2.45) is 0 Å². The summed E-state index contributed by atoms with van der Waals surface area (Å²) in [6, 6.07) is 6.99. The van der Waals surface area contributed by atoms with Crippen LogP contribution in [0.3, 0.4) is 0 Å². The van der Waals surface area contributed by atoms with Crippen LogP contribution in [-0.2, 0) is 30.2 Å². The summed E-state index contributed by atoms with van der Waals surface area (Å²) in [7, 11) is 0. The first-order valence-corrected chi connectivity index (χ1v) is 10.6. The zero-order chi connectivity index (χ0) is 28.1. The maximum absolute atomic E-state index is 14.2. The Labute approximate surface area is 206 Å². The Bertz CT molecular complexity index is 1110. The number of benzene rings is 2. The molecule has 0 bridgehead atoms. The number of alkyl halides is 6. The van der Waals surface area contributed by atoms with E-state index in [4.69, 9.17) is 0 Å². The van der Waals surface area contributed by atoms with Gasteiger partial charge in [-0.25, -0.2) is 14.4 Å². The SMILES string of the molecule is CCOC(=O)[C@@](O)(c1ccc(NC(=O)N[C@@](C(=O)OCC)(c2ccccc2)C(F)(F)F)cc1)C(F)(F)F. The Balaban J connectivity index is 2.41. The maximum atomic E-state index is 14.2. The summed E-state index contributed by atoms with van der Waals surface area (Å²) in [6.45, 7) is 1.60. The Kier molecular flexibility index (Phi) is 8.80. The van der Waals surface area contributed by atoms with Crippen LogP contribution in [0.1, 0.15) is 25.0 Å². The van der Waals surface area contributed by atoms with Gasteiger partial charge in [-0.2, -0.15) is 26.3 Å². The van der Waals surface area contributed by atoms with E-state index in [1.807, 2.05) is 5.32 Å². The second-order valence-corrected chi connectivity index (χ2v) is 7.42. The molecule has 0 fully saturated rings. The van der Waals surface area contributed by atoms with Crippen molar-refractivity contribution in [3.05, 3.63) is 65.7 Å². The summed E-state index contributed by atoms with van der Waals surface area (Å²) in [6.07, 6.45) is -10.8. The lowest BCUT2D eigenvalue weighted by molar-refractivity contribution is -0.267. The first-order valence-electron chi connectivity index (χ1n) is 10.6. The number of esters is 2. The van der Waals surface area contributed by atoms with Gasteiger partial charge in [-0.1, -0.05) is 42.5 Å². The minimum absolute atomic E-state index is 0.331. The third kappa shape index (κ3) is 5.79. The first kappa shape index (κ1) is 29.4. The number of carbonyl (C=O) groups excluding carboxylic acids is 3. The van der Waals surface area contributed by atoms with Crippen LogP contribution >= 0.6 is 0 Å². The van der Waals surface area contributed by atoms with Crippen molar-refractivity contribution in [3.63, 3.8) is 0 Å². The van der Waals surface area contributed by atoms with E-state index in [-0.39, 0.29) is 5.69 Å². The molecule has 0 aliphatic carbocycles. The summed E-state index contributed by atoms with van der Waals surface area (Å²) < 4.78 is 92.1. The monoisotopic (exact) mass is 536 g/mol. The molecule has 0 radical (unpaired) electrons. The molecule has 0 heterocycles. The highest BCUT2D eigenvalue weighted by atomic mass is 19.4. The van der Waals surface area contributed by atoms with Gasteiger partial charge in [0.2, 0.25) is 0 Å². The van der Waals surface area contributed by atoms with Crippen molar-refractivity contribution in [3.8, 4) is 0 Å². The Morgan fingerprint density at radius 3 is 1.73 bits per heavy atom. The molecular formula is C23H22F6N2O6. The fraction of sp³-hybridized carbons (Fsp3) is 0.348. The van der Waals surface area contributed by atoms with E-state index >= 15 is 0 Å². The molecular weight excluding hydrogens is 514 g/mol. The van der Waals surface area contributed by atoms with E-state index in [0.717, 1.165) is 24.3 Å². The number of amides is 2. The summed E-state index contributed by atoms with van der Waals surface area (Å²) in [4.78, 5) is 36.9. The quantitative estimate of drug-likeness (QED) is 0.345. The summed E-state index contributed by atoms with van der Waals surface area (Å²) >= 11 is 0. The summed E-state index contributed by atoms with van der Waals surface area (Å²) in [5, 5.41) is 13.6. The van der Waals surface area contributed by atoms with Gasteiger partial charge in [0.25, 0.3) is 11.1 Å². The molecule has 0 saturated carbocycles. The average Bonchev–Trinajstić information content (AvgIpc) is 2.81. The van der Waals surface area contributed by atoms with E-state index in [2.05, 4.69) is 9.47 Å². The highest BCUT2D eigenvalue weighted by molar-refractivity contribution is 5.95. The number of carbonyl (C=O) groups is 3. The van der Waals surface area contributed by atoms with Crippen molar-refractivity contribution in [1.29, 1.82) is 0 Å². The normalized spacial score (nSPS) is 15.1. The number of halogens is 6. The van der Waals surface area contributed by atoms with Crippen LogP contribution < -0.4 is 10.6 Å². The predicted molar refractivity (Wildman–Crippen MR) is 116 cm³/mol. The Hall–Kier alpha value is -3.81. The average molecular weight is 536 g/mol. The van der Waals surface area contributed by atoms with Crippen LogP contribution in [-0.4, -0.2) is 48.6 Å². The standard InChI is InChI=1S/C23H22F6N2O6/c1-3-36-17(32)20(22(24,25)26,14-8-6-5-7-9-14)31-19(34)30-16-12-10-15(11-13-16)21(35,23(27,28)29)18(33)37-4-2/h5-13,35H,3-4H2,1-2H3,(H2,30,31,34)/t20-,21+/m1/s1. The van der Waals surface area contributed by atoms with E-state index in [0.29, 0.717) is 12.1 Å². The highest BCUT2D eigenvalue weighted by Gasteiger charge is 2.64. The highest BCUT2D eigenvalue weighted by Crippen LogP contribution is 2.41. The molecule has 2 amide bonds. The van der Waals surface area contributed by atoms with E-state index in [1.54, 1.807) is 5.32 Å². The van der Waals surface area contributed by atoms with Crippen molar-refractivity contribution < 1.29 is 55.3 Å². The number of hydrogen-bond donors (Lipinski definition) is 3. The molecule has 2 rings (SSSR count). The van der Waals surface area contributed by atoms with Crippen molar-refractivity contribution in [2.45, 2.75) is 37.3 Å². The van der Waals surface area contributed by atoms with Gasteiger partial charge >= 0.3 is 30.3 Å². The Morgan fingerprint density at radius 2 is 1.27 bits per heavy atom. The molecule has 2 aromatic rings. The number of ether oxygens (including phenoxy) is 2. The van der Waals surface area contributed by atoms with Gasteiger partial charge < -0.3 is 25.2 Å². The third-order valence-electron chi connectivity index (χ3n) is 5.06. The number of anilines is 1. The first-order chi connectivity index (χ1) is 17.1. The zero-order valence-electron chi connectivity index (χ0n) is 19.4. The Morgan fingerprint density at radius 1 is 0.757 bits per heavy atom. The molecule has 202 valence electrons. The molecule has 0 aliphatic heterocycles. The van der Waals surface area contributed by atoms with E-state index < -0.39 is 65.8 Å². The van der Waals surface area contributed by atoms with E-state index in [1.165, 1.54) is 32.0 Å². The predicted octanol–water partition coefficient (Wildman–Crippen LogP) is 4.14. The van der Waals surface area contributed by atoms with Crippen molar-refractivity contribution >= 4 is 23.7 Å². The fourth-order valence-corrected chi connectivity index (χ4v) is 3.28. The van der Waals surface area contributed by atoms with Gasteiger partial charge in [-0.05, 0) is 31.5 Å². The van der Waals surface area contributed by atoms with Crippen LogP contribution in [0.5, 0.6) is 0 Å². The minimum atomic E-state index is -5.48. The minimum Gasteiger partial charge on any atom is -0.464 e.